The summed E-state index contributed by atoms with van der Waals surface area (Å²) in [5.74, 6) is 0.839. The minimum absolute atomic E-state index is 0.229. The van der Waals surface area contributed by atoms with Gasteiger partial charge in [0.05, 0.1) is 19.3 Å². The molecule has 2 atom stereocenters. The predicted molar refractivity (Wildman–Crippen MR) is 70.1 cm³/mol. The zero-order chi connectivity index (χ0) is 13.2. The maximum Gasteiger partial charge on any atom is 0.121 e. The number of rotatable bonds is 3. The van der Waals surface area contributed by atoms with E-state index in [4.69, 9.17) is 10.5 Å². The van der Waals surface area contributed by atoms with Gasteiger partial charge in [0.2, 0.25) is 0 Å². The van der Waals surface area contributed by atoms with E-state index in [9.17, 15) is 5.11 Å². The van der Waals surface area contributed by atoms with E-state index >= 15 is 0 Å². The molecule has 96 valence electrons. The summed E-state index contributed by atoms with van der Waals surface area (Å²) in [4.78, 5) is 0. The lowest BCUT2D eigenvalue weighted by molar-refractivity contribution is 0.0401. The first-order valence-electron chi connectivity index (χ1n) is 5.85. The maximum absolute atomic E-state index is 10.2. The van der Waals surface area contributed by atoms with Gasteiger partial charge < -0.3 is 15.6 Å². The van der Waals surface area contributed by atoms with Crippen LogP contribution >= 0.6 is 0 Å². The van der Waals surface area contributed by atoms with Crippen molar-refractivity contribution in [2.75, 3.05) is 7.11 Å². The lowest BCUT2D eigenvalue weighted by Crippen LogP contribution is -2.36. The molecular weight excluding hydrogens is 214 g/mol. The average molecular weight is 237 g/mol. The number of methoxy groups -OCH3 is 1. The van der Waals surface area contributed by atoms with E-state index in [1.54, 1.807) is 7.11 Å². The Labute approximate surface area is 104 Å². The van der Waals surface area contributed by atoms with E-state index in [-0.39, 0.29) is 11.5 Å². The molecule has 0 unspecified atom stereocenters. The fourth-order valence-electron chi connectivity index (χ4n) is 1.83. The molecule has 0 aromatic heterocycles. The molecule has 0 spiro atoms. The molecule has 0 aliphatic rings. The Morgan fingerprint density at radius 3 is 2.29 bits per heavy atom. The number of ether oxygens (including phenoxy) is 1. The summed E-state index contributed by atoms with van der Waals surface area (Å²) >= 11 is 0. The number of hydrogen-bond donors (Lipinski definition) is 2. The van der Waals surface area contributed by atoms with Gasteiger partial charge in [0.15, 0.2) is 0 Å². The van der Waals surface area contributed by atoms with Crippen molar-refractivity contribution in [1.82, 2.24) is 0 Å². The van der Waals surface area contributed by atoms with Crippen molar-refractivity contribution >= 4 is 0 Å². The quantitative estimate of drug-likeness (QED) is 0.848. The smallest absolute Gasteiger partial charge is 0.121 e. The lowest BCUT2D eigenvalue weighted by Gasteiger charge is -2.31. The third kappa shape index (κ3) is 3.20. The number of nitrogens with two attached hydrogens (primary N) is 1. The van der Waals surface area contributed by atoms with E-state index in [1.165, 1.54) is 0 Å². The second-order valence-corrected chi connectivity index (χ2v) is 5.57. The molecular formula is C14H23NO2. The zero-order valence-electron chi connectivity index (χ0n) is 11.3. The summed E-state index contributed by atoms with van der Waals surface area (Å²) in [6.45, 7) is 7.91. The highest BCUT2D eigenvalue weighted by Gasteiger charge is 2.29. The molecule has 0 bridgehead atoms. The molecule has 1 aromatic rings. The summed E-state index contributed by atoms with van der Waals surface area (Å²) in [7, 11) is 1.64. The average Bonchev–Trinajstić information content (AvgIpc) is 2.25. The van der Waals surface area contributed by atoms with Crippen LogP contribution in [0.4, 0.5) is 0 Å². The number of aryl methyl sites for hydroxylation is 1. The maximum atomic E-state index is 10.2. The van der Waals surface area contributed by atoms with Crippen LogP contribution in [-0.4, -0.2) is 18.3 Å². The van der Waals surface area contributed by atoms with Gasteiger partial charge in [0.1, 0.15) is 5.75 Å². The van der Waals surface area contributed by atoms with Crippen LogP contribution in [0.1, 0.15) is 37.9 Å². The molecule has 0 saturated carbocycles. The van der Waals surface area contributed by atoms with Crippen LogP contribution in [0, 0.1) is 12.3 Å². The van der Waals surface area contributed by atoms with Gasteiger partial charge in [-0.3, -0.25) is 0 Å². The van der Waals surface area contributed by atoms with Crippen molar-refractivity contribution in [2.45, 2.75) is 39.8 Å². The number of aliphatic hydroxyl groups is 1. The van der Waals surface area contributed by atoms with Crippen LogP contribution in [0.15, 0.2) is 18.2 Å². The third-order valence-electron chi connectivity index (χ3n) is 3.03. The zero-order valence-corrected chi connectivity index (χ0v) is 11.3. The van der Waals surface area contributed by atoms with Crippen molar-refractivity contribution in [3.8, 4) is 5.75 Å². The van der Waals surface area contributed by atoms with Gasteiger partial charge in [0.25, 0.3) is 0 Å². The monoisotopic (exact) mass is 237 g/mol. The van der Waals surface area contributed by atoms with Crippen molar-refractivity contribution in [2.24, 2.45) is 11.1 Å². The van der Waals surface area contributed by atoms with E-state index in [0.717, 1.165) is 16.9 Å². The highest BCUT2D eigenvalue weighted by atomic mass is 16.5. The highest BCUT2D eigenvalue weighted by molar-refractivity contribution is 5.37. The van der Waals surface area contributed by atoms with Gasteiger partial charge in [-0.05, 0) is 29.5 Å². The first-order valence-corrected chi connectivity index (χ1v) is 5.85. The number of hydrogen-bond acceptors (Lipinski definition) is 3. The van der Waals surface area contributed by atoms with Crippen molar-refractivity contribution in [3.05, 3.63) is 29.3 Å². The molecule has 0 saturated heterocycles. The van der Waals surface area contributed by atoms with Gasteiger partial charge in [-0.15, -0.1) is 0 Å². The summed E-state index contributed by atoms with van der Waals surface area (Å²) in [6, 6.07) is 5.39. The van der Waals surface area contributed by atoms with Gasteiger partial charge in [-0.25, -0.2) is 0 Å². The van der Waals surface area contributed by atoms with Crippen LogP contribution in [0.25, 0.3) is 0 Å². The SMILES string of the molecule is COc1ccc([C@@H](N)[C@@H](O)C(C)(C)C)cc1C. The highest BCUT2D eigenvalue weighted by Crippen LogP contribution is 2.30. The van der Waals surface area contributed by atoms with Gasteiger partial charge in [-0.2, -0.15) is 0 Å². The van der Waals surface area contributed by atoms with Gasteiger partial charge in [0, 0.05) is 0 Å². The molecule has 3 N–H and O–H groups in total. The predicted octanol–water partition coefficient (Wildman–Crippen LogP) is 2.41. The van der Waals surface area contributed by atoms with Gasteiger partial charge in [-0.1, -0.05) is 32.9 Å². The minimum Gasteiger partial charge on any atom is -0.496 e. The largest absolute Gasteiger partial charge is 0.496 e. The summed E-state index contributed by atoms with van der Waals surface area (Å²) in [5, 5.41) is 10.2. The Bertz CT molecular complexity index is 382. The molecule has 0 fully saturated rings. The van der Waals surface area contributed by atoms with Crippen molar-refractivity contribution < 1.29 is 9.84 Å². The Balaban J connectivity index is 2.97. The molecule has 1 rings (SSSR count). The Hall–Kier alpha value is -1.06. The lowest BCUT2D eigenvalue weighted by atomic mass is 9.82. The van der Waals surface area contributed by atoms with E-state index < -0.39 is 6.10 Å². The second-order valence-electron chi connectivity index (χ2n) is 5.57. The summed E-state index contributed by atoms with van der Waals surface area (Å²) in [6.07, 6.45) is -0.574. The molecule has 1 aromatic carbocycles. The van der Waals surface area contributed by atoms with E-state index in [1.807, 2.05) is 45.9 Å². The van der Waals surface area contributed by atoms with Crippen LogP contribution in [-0.2, 0) is 0 Å². The standard InChI is InChI=1S/C14H23NO2/c1-9-8-10(6-7-11(9)17-5)12(15)13(16)14(2,3)4/h6-8,12-13,16H,15H2,1-5H3/t12-,13-/m1/s1. The van der Waals surface area contributed by atoms with Crippen LogP contribution in [0.5, 0.6) is 5.75 Å². The van der Waals surface area contributed by atoms with Crippen molar-refractivity contribution in [3.63, 3.8) is 0 Å². The molecule has 3 heteroatoms. The Morgan fingerprint density at radius 2 is 1.88 bits per heavy atom. The summed E-state index contributed by atoms with van der Waals surface area (Å²) < 4.78 is 5.20. The van der Waals surface area contributed by atoms with Crippen molar-refractivity contribution in [1.29, 1.82) is 0 Å². The fraction of sp³-hybridized carbons (Fsp3) is 0.571. The van der Waals surface area contributed by atoms with Crippen LogP contribution < -0.4 is 10.5 Å². The first-order chi connectivity index (χ1) is 7.77. The Kier molecular flexibility index (Phi) is 4.17. The third-order valence-corrected chi connectivity index (χ3v) is 3.03. The molecule has 0 amide bonds. The molecule has 0 radical (unpaired) electrons. The molecule has 0 heterocycles. The number of benzene rings is 1. The minimum atomic E-state index is -0.574. The van der Waals surface area contributed by atoms with Gasteiger partial charge >= 0.3 is 0 Å². The summed E-state index contributed by atoms with van der Waals surface area (Å²) in [5.41, 5.74) is 7.83. The molecule has 0 aliphatic heterocycles. The molecule has 3 nitrogen and oxygen atoms in total. The molecule has 17 heavy (non-hydrogen) atoms. The Morgan fingerprint density at radius 1 is 1.29 bits per heavy atom. The molecule has 0 aliphatic carbocycles. The van der Waals surface area contributed by atoms with E-state index in [0.29, 0.717) is 0 Å². The fourth-order valence-corrected chi connectivity index (χ4v) is 1.83. The van der Waals surface area contributed by atoms with E-state index in [2.05, 4.69) is 0 Å². The number of aliphatic hydroxyl groups excluding tert-OH is 1. The second kappa shape index (κ2) is 5.07. The topological polar surface area (TPSA) is 55.5 Å². The normalized spacial score (nSPS) is 15.5. The van der Waals surface area contributed by atoms with Crippen LogP contribution in [0.3, 0.4) is 0 Å². The van der Waals surface area contributed by atoms with Crippen LogP contribution in [0.2, 0.25) is 0 Å². The first kappa shape index (κ1) is 14.0.